The van der Waals surface area contributed by atoms with Crippen LogP contribution >= 0.6 is 11.8 Å². The van der Waals surface area contributed by atoms with Crippen LogP contribution in [0.4, 0.5) is 0 Å². The van der Waals surface area contributed by atoms with E-state index in [1.807, 2.05) is 38.4 Å². The Labute approximate surface area is 163 Å². The lowest BCUT2D eigenvalue weighted by atomic mass is 10.1. The molecule has 0 saturated heterocycles. The molecule has 0 bridgehead atoms. The summed E-state index contributed by atoms with van der Waals surface area (Å²) < 4.78 is 5.80. The molecule has 0 atom stereocenters. The van der Waals surface area contributed by atoms with Crippen LogP contribution in [-0.2, 0) is 25.1 Å². The molecule has 3 aromatic heterocycles. The van der Waals surface area contributed by atoms with Crippen molar-refractivity contribution in [2.75, 3.05) is 19.8 Å². The van der Waals surface area contributed by atoms with E-state index in [1.165, 1.54) is 0 Å². The molecule has 1 N–H and O–H groups in total. The van der Waals surface area contributed by atoms with Gasteiger partial charge in [0.05, 0.1) is 12.3 Å². The number of aryl methyl sites for hydroxylation is 1. The van der Waals surface area contributed by atoms with Crippen LogP contribution in [0.5, 0.6) is 0 Å². The topological polar surface area (TPSA) is 75.0 Å². The smallest absolute Gasteiger partial charge is 0.254 e. The van der Waals surface area contributed by atoms with Crippen molar-refractivity contribution in [3.63, 3.8) is 0 Å². The van der Waals surface area contributed by atoms with E-state index in [1.54, 1.807) is 30.4 Å². The SMILES string of the molecule is CN(C)Cc1ccc(CSCCc2ncc(Cc3cccnc3)c(=O)[nH]2)o1. The van der Waals surface area contributed by atoms with Gasteiger partial charge < -0.3 is 14.3 Å². The lowest BCUT2D eigenvalue weighted by molar-refractivity contribution is 0.344. The first-order valence-electron chi connectivity index (χ1n) is 8.86. The molecule has 0 aliphatic carbocycles. The summed E-state index contributed by atoms with van der Waals surface area (Å²) in [5.41, 5.74) is 1.58. The van der Waals surface area contributed by atoms with Gasteiger partial charge in [0, 0.05) is 42.7 Å². The van der Waals surface area contributed by atoms with E-state index in [0.717, 1.165) is 47.4 Å². The van der Waals surface area contributed by atoms with Crippen molar-refractivity contribution in [2.45, 2.75) is 25.1 Å². The lowest BCUT2D eigenvalue weighted by Gasteiger charge is -2.06. The summed E-state index contributed by atoms with van der Waals surface area (Å²) in [7, 11) is 4.04. The second-order valence-electron chi connectivity index (χ2n) is 6.63. The van der Waals surface area contributed by atoms with Gasteiger partial charge in [-0.25, -0.2) is 4.98 Å². The number of pyridine rings is 1. The van der Waals surface area contributed by atoms with E-state index in [4.69, 9.17) is 4.42 Å². The maximum atomic E-state index is 12.2. The minimum atomic E-state index is -0.0757. The molecule has 3 aromatic rings. The summed E-state index contributed by atoms with van der Waals surface area (Å²) in [6, 6.07) is 7.87. The first kappa shape index (κ1) is 19.4. The summed E-state index contributed by atoms with van der Waals surface area (Å²) in [6.45, 7) is 0.807. The Bertz CT molecular complexity index is 906. The van der Waals surface area contributed by atoms with Gasteiger partial charge in [-0.3, -0.25) is 9.78 Å². The summed E-state index contributed by atoms with van der Waals surface area (Å²) in [6.07, 6.45) is 6.42. The normalized spacial score (nSPS) is 11.2. The molecular formula is C20H24N4O2S. The molecule has 0 unspecified atom stereocenters. The maximum absolute atomic E-state index is 12.2. The Morgan fingerprint density at radius 1 is 1.19 bits per heavy atom. The molecule has 0 aliphatic heterocycles. The van der Waals surface area contributed by atoms with Crippen molar-refractivity contribution in [1.82, 2.24) is 19.9 Å². The number of H-pyrrole nitrogens is 1. The lowest BCUT2D eigenvalue weighted by Crippen LogP contribution is -2.17. The van der Waals surface area contributed by atoms with Gasteiger partial charge in [0.2, 0.25) is 0 Å². The van der Waals surface area contributed by atoms with Crippen molar-refractivity contribution in [1.29, 1.82) is 0 Å². The largest absolute Gasteiger partial charge is 0.464 e. The van der Waals surface area contributed by atoms with Crippen molar-refractivity contribution in [3.8, 4) is 0 Å². The Morgan fingerprint density at radius 2 is 2.04 bits per heavy atom. The molecule has 6 nitrogen and oxygen atoms in total. The van der Waals surface area contributed by atoms with Crippen molar-refractivity contribution in [2.24, 2.45) is 0 Å². The monoisotopic (exact) mass is 384 g/mol. The van der Waals surface area contributed by atoms with Crippen molar-refractivity contribution in [3.05, 3.63) is 81.7 Å². The average molecular weight is 385 g/mol. The minimum Gasteiger partial charge on any atom is -0.464 e. The third-order valence-electron chi connectivity index (χ3n) is 3.96. The van der Waals surface area contributed by atoms with Crippen LogP contribution in [0.2, 0.25) is 0 Å². The fourth-order valence-corrected chi connectivity index (χ4v) is 3.51. The molecule has 3 rings (SSSR count). The zero-order valence-corrected chi connectivity index (χ0v) is 16.5. The maximum Gasteiger partial charge on any atom is 0.254 e. The van der Waals surface area contributed by atoms with Crippen LogP contribution in [0.15, 0.2) is 52.1 Å². The van der Waals surface area contributed by atoms with Crippen LogP contribution in [0.25, 0.3) is 0 Å². The first-order chi connectivity index (χ1) is 13.1. The average Bonchev–Trinajstić information content (AvgIpc) is 3.08. The summed E-state index contributed by atoms with van der Waals surface area (Å²) in [5.74, 6) is 4.36. The van der Waals surface area contributed by atoms with Gasteiger partial charge >= 0.3 is 0 Å². The van der Waals surface area contributed by atoms with Crippen molar-refractivity contribution < 1.29 is 4.42 Å². The first-order valence-corrected chi connectivity index (χ1v) is 10.0. The summed E-state index contributed by atoms with van der Waals surface area (Å²) in [5, 5.41) is 0. The van der Waals surface area contributed by atoms with E-state index in [9.17, 15) is 4.79 Å². The molecule has 0 radical (unpaired) electrons. The molecule has 0 fully saturated rings. The molecule has 0 aromatic carbocycles. The molecule has 0 amide bonds. The van der Waals surface area contributed by atoms with E-state index in [2.05, 4.69) is 19.9 Å². The highest BCUT2D eigenvalue weighted by Crippen LogP contribution is 2.17. The fraction of sp³-hybridized carbons (Fsp3) is 0.350. The highest BCUT2D eigenvalue weighted by atomic mass is 32.2. The molecule has 0 aliphatic rings. The number of rotatable bonds is 9. The third kappa shape index (κ3) is 6.08. The summed E-state index contributed by atoms with van der Waals surface area (Å²) >= 11 is 1.77. The third-order valence-corrected chi connectivity index (χ3v) is 4.94. The van der Waals surface area contributed by atoms with Gasteiger partial charge in [0.1, 0.15) is 17.3 Å². The van der Waals surface area contributed by atoms with Crippen LogP contribution in [0.1, 0.15) is 28.5 Å². The van der Waals surface area contributed by atoms with Crippen LogP contribution in [0.3, 0.4) is 0 Å². The summed E-state index contributed by atoms with van der Waals surface area (Å²) in [4.78, 5) is 25.7. The Hall–Kier alpha value is -2.38. The fourth-order valence-electron chi connectivity index (χ4n) is 2.67. The van der Waals surface area contributed by atoms with Gasteiger partial charge in [-0.1, -0.05) is 6.07 Å². The molecule has 0 saturated carbocycles. The number of thioether (sulfide) groups is 1. The zero-order chi connectivity index (χ0) is 19.1. The Balaban J connectivity index is 1.46. The Kier molecular flexibility index (Phi) is 6.84. The zero-order valence-electron chi connectivity index (χ0n) is 15.6. The second kappa shape index (κ2) is 9.53. The number of nitrogens with zero attached hydrogens (tertiary/aromatic N) is 3. The number of hydrogen-bond acceptors (Lipinski definition) is 6. The highest BCUT2D eigenvalue weighted by Gasteiger charge is 2.06. The number of hydrogen-bond donors (Lipinski definition) is 1. The molecule has 0 spiro atoms. The van der Waals surface area contributed by atoms with E-state index < -0.39 is 0 Å². The van der Waals surface area contributed by atoms with Crippen LogP contribution in [0, 0.1) is 0 Å². The standard InChI is InChI=1S/C20H24N4O2S/c1-24(2)13-17-5-6-18(26-17)14-27-9-7-19-22-12-16(20(25)23-19)10-15-4-3-8-21-11-15/h3-6,8,11-12H,7,9-10,13-14H2,1-2H3,(H,22,23,25). The van der Waals surface area contributed by atoms with E-state index >= 15 is 0 Å². The number of aromatic amines is 1. The predicted molar refractivity (Wildman–Crippen MR) is 108 cm³/mol. The quantitative estimate of drug-likeness (QED) is 0.572. The van der Waals surface area contributed by atoms with Crippen LogP contribution < -0.4 is 5.56 Å². The second-order valence-corrected chi connectivity index (χ2v) is 7.74. The van der Waals surface area contributed by atoms with Crippen LogP contribution in [-0.4, -0.2) is 39.7 Å². The van der Waals surface area contributed by atoms with E-state index in [-0.39, 0.29) is 5.56 Å². The van der Waals surface area contributed by atoms with E-state index in [0.29, 0.717) is 12.0 Å². The minimum absolute atomic E-state index is 0.0757. The number of furan rings is 1. The molecule has 142 valence electrons. The van der Waals surface area contributed by atoms with Gasteiger partial charge in [-0.05, 0) is 37.9 Å². The molecule has 3 heterocycles. The van der Waals surface area contributed by atoms with Gasteiger partial charge in [-0.2, -0.15) is 11.8 Å². The molecule has 27 heavy (non-hydrogen) atoms. The predicted octanol–water partition coefficient (Wildman–Crippen LogP) is 2.89. The Morgan fingerprint density at radius 3 is 2.78 bits per heavy atom. The number of aromatic nitrogens is 3. The van der Waals surface area contributed by atoms with Gasteiger partial charge in [0.15, 0.2) is 0 Å². The van der Waals surface area contributed by atoms with Gasteiger partial charge in [-0.15, -0.1) is 0 Å². The molecular weight excluding hydrogens is 360 g/mol. The van der Waals surface area contributed by atoms with Crippen molar-refractivity contribution >= 4 is 11.8 Å². The number of nitrogens with one attached hydrogen (secondary N) is 1. The molecule has 7 heteroatoms. The highest BCUT2D eigenvalue weighted by molar-refractivity contribution is 7.98. The van der Waals surface area contributed by atoms with Gasteiger partial charge in [0.25, 0.3) is 5.56 Å².